The first kappa shape index (κ1) is 28.0. The minimum Gasteiger partial charge on any atom is -0.490 e. The van der Waals surface area contributed by atoms with Crippen LogP contribution < -0.4 is 24.4 Å². The van der Waals surface area contributed by atoms with Crippen molar-refractivity contribution in [3.63, 3.8) is 0 Å². The highest BCUT2D eigenvalue weighted by atomic mass is 35.5. The molecule has 10 heteroatoms. The van der Waals surface area contributed by atoms with E-state index in [2.05, 4.69) is 4.99 Å². The molecule has 2 heterocycles. The highest BCUT2D eigenvalue weighted by molar-refractivity contribution is 7.07. The minimum absolute atomic E-state index is 0.0945. The maximum Gasteiger partial charge on any atom is 0.338 e. The molecule has 2 aromatic carbocycles. The Morgan fingerprint density at radius 1 is 1.16 bits per heavy atom. The van der Waals surface area contributed by atoms with E-state index in [1.54, 1.807) is 50.3 Å². The molecule has 0 spiro atoms. The molecule has 0 radical (unpaired) electrons. The number of fused-ring (bicyclic) bond motifs is 1. The van der Waals surface area contributed by atoms with Crippen molar-refractivity contribution in [2.24, 2.45) is 4.99 Å². The van der Waals surface area contributed by atoms with Crippen molar-refractivity contribution in [3.05, 3.63) is 88.5 Å². The number of carbonyl (C=O) groups is 1. The third-order valence-electron chi connectivity index (χ3n) is 5.70. The molecule has 3 aromatic rings. The molecule has 0 amide bonds. The maximum atomic E-state index is 13.8. The Labute approximate surface area is 234 Å². The van der Waals surface area contributed by atoms with Crippen LogP contribution in [0.5, 0.6) is 11.5 Å². The molecule has 4 rings (SSSR count). The second-order valence-electron chi connectivity index (χ2n) is 8.75. The van der Waals surface area contributed by atoms with Gasteiger partial charge in [-0.15, -0.1) is 0 Å². The first-order chi connectivity index (χ1) is 18.2. The Bertz CT molecular complexity index is 1590. The molecule has 38 heavy (non-hydrogen) atoms. The Hall–Kier alpha value is -3.07. The number of rotatable bonds is 8. The summed E-state index contributed by atoms with van der Waals surface area (Å²) in [6.45, 7) is 9.75. The van der Waals surface area contributed by atoms with Crippen molar-refractivity contribution >= 4 is 46.6 Å². The summed E-state index contributed by atoms with van der Waals surface area (Å²) < 4.78 is 18.9. The summed E-state index contributed by atoms with van der Waals surface area (Å²) in [5.41, 5.74) is 1.70. The van der Waals surface area contributed by atoms with Crippen molar-refractivity contribution in [2.45, 2.75) is 46.8 Å². The number of thiazole rings is 1. The zero-order chi connectivity index (χ0) is 27.6. The third-order valence-corrected chi connectivity index (χ3v) is 7.31. The van der Waals surface area contributed by atoms with Gasteiger partial charge in [-0.2, -0.15) is 0 Å². The molecule has 1 aliphatic heterocycles. The van der Waals surface area contributed by atoms with Gasteiger partial charge >= 0.3 is 5.97 Å². The van der Waals surface area contributed by atoms with E-state index in [4.69, 9.17) is 37.4 Å². The predicted molar refractivity (Wildman–Crippen MR) is 150 cm³/mol. The largest absolute Gasteiger partial charge is 0.490 e. The first-order valence-electron chi connectivity index (χ1n) is 12.2. The number of ether oxygens (including phenoxy) is 3. The summed E-state index contributed by atoms with van der Waals surface area (Å²) >= 11 is 14.3. The fourth-order valence-electron chi connectivity index (χ4n) is 4.22. The molecule has 0 fully saturated rings. The molecule has 0 aliphatic carbocycles. The van der Waals surface area contributed by atoms with Gasteiger partial charge in [-0.25, -0.2) is 9.79 Å². The average Bonchev–Trinajstić information content (AvgIpc) is 3.15. The monoisotopic (exact) mass is 574 g/mol. The van der Waals surface area contributed by atoms with Gasteiger partial charge in [-0.1, -0.05) is 52.7 Å². The van der Waals surface area contributed by atoms with E-state index in [1.165, 1.54) is 15.9 Å². The normalized spacial score (nSPS) is 15.4. The number of esters is 1. The SMILES string of the molecule is CCOC(=O)C1=C(C)N=c2s/c(=C\c3cc(Cl)c(OC(C)C)c(OCC)c3)c(=O)n2[C@@H]1c1ccccc1Cl. The van der Waals surface area contributed by atoms with Crippen LogP contribution in [0.4, 0.5) is 0 Å². The molecule has 0 saturated carbocycles. The van der Waals surface area contributed by atoms with Crippen LogP contribution in [0, 0.1) is 0 Å². The van der Waals surface area contributed by atoms with E-state index >= 15 is 0 Å². The molecule has 200 valence electrons. The van der Waals surface area contributed by atoms with Gasteiger partial charge in [0.2, 0.25) is 0 Å². The highest BCUT2D eigenvalue weighted by Gasteiger charge is 2.34. The van der Waals surface area contributed by atoms with E-state index in [0.717, 1.165) is 0 Å². The molecule has 7 nitrogen and oxygen atoms in total. The Kier molecular flexibility index (Phi) is 8.65. The van der Waals surface area contributed by atoms with E-state index in [1.807, 2.05) is 26.8 Å². The van der Waals surface area contributed by atoms with Gasteiger partial charge in [0.15, 0.2) is 16.3 Å². The standard InChI is InChI=1S/C28H28Cl2N2O5S/c1-6-35-21-13-17(12-20(30)25(21)37-15(3)4)14-22-26(33)32-24(18-10-8-9-11-19(18)29)23(27(34)36-7-2)16(5)31-28(32)38-22/h8-15,24H,6-7H2,1-5H3/b22-14-/t24-/m1/s1. The fourth-order valence-corrected chi connectivity index (χ4v) is 5.77. The Morgan fingerprint density at radius 2 is 1.89 bits per heavy atom. The van der Waals surface area contributed by atoms with Gasteiger partial charge in [-0.05, 0) is 70.0 Å². The van der Waals surface area contributed by atoms with Gasteiger partial charge in [0, 0.05) is 5.02 Å². The summed E-state index contributed by atoms with van der Waals surface area (Å²) in [5.74, 6) is 0.402. The third kappa shape index (κ3) is 5.53. The molecular formula is C28H28Cl2N2O5S. The lowest BCUT2D eigenvalue weighted by Crippen LogP contribution is -2.40. The van der Waals surface area contributed by atoms with Crippen LogP contribution in [-0.4, -0.2) is 29.9 Å². The van der Waals surface area contributed by atoms with E-state index in [0.29, 0.717) is 54.3 Å². The summed E-state index contributed by atoms with van der Waals surface area (Å²) in [6, 6.07) is 9.85. The maximum absolute atomic E-state index is 13.8. The molecule has 0 bridgehead atoms. The lowest BCUT2D eigenvalue weighted by atomic mass is 9.96. The van der Waals surface area contributed by atoms with E-state index in [-0.39, 0.29) is 23.8 Å². The van der Waals surface area contributed by atoms with Crippen LogP contribution in [0.15, 0.2) is 57.5 Å². The molecule has 0 N–H and O–H groups in total. The van der Waals surface area contributed by atoms with Crippen LogP contribution >= 0.6 is 34.5 Å². The molecular weight excluding hydrogens is 547 g/mol. The number of halogens is 2. The zero-order valence-electron chi connectivity index (χ0n) is 21.7. The lowest BCUT2D eigenvalue weighted by molar-refractivity contribution is -0.139. The number of allylic oxidation sites excluding steroid dienone is 1. The van der Waals surface area contributed by atoms with Crippen molar-refractivity contribution in [1.29, 1.82) is 0 Å². The number of aromatic nitrogens is 1. The highest BCUT2D eigenvalue weighted by Crippen LogP contribution is 2.38. The number of hydrogen-bond acceptors (Lipinski definition) is 7. The molecule has 0 saturated heterocycles. The van der Waals surface area contributed by atoms with Crippen LogP contribution in [0.3, 0.4) is 0 Å². The van der Waals surface area contributed by atoms with Crippen molar-refractivity contribution in [2.75, 3.05) is 13.2 Å². The second kappa shape index (κ2) is 11.8. The summed E-state index contributed by atoms with van der Waals surface area (Å²) in [5, 5.41) is 0.801. The van der Waals surface area contributed by atoms with Gasteiger partial charge in [0.25, 0.3) is 5.56 Å². The van der Waals surface area contributed by atoms with E-state index in [9.17, 15) is 9.59 Å². The number of benzene rings is 2. The van der Waals surface area contributed by atoms with Gasteiger partial charge < -0.3 is 14.2 Å². The van der Waals surface area contributed by atoms with Crippen LogP contribution in [0.25, 0.3) is 6.08 Å². The number of carbonyl (C=O) groups excluding carboxylic acids is 1. The topological polar surface area (TPSA) is 79.1 Å². The average molecular weight is 576 g/mol. The summed E-state index contributed by atoms with van der Waals surface area (Å²) in [7, 11) is 0. The molecule has 1 aliphatic rings. The van der Waals surface area contributed by atoms with Crippen LogP contribution in [0.2, 0.25) is 10.0 Å². The van der Waals surface area contributed by atoms with Crippen molar-refractivity contribution < 1.29 is 19.0 Å². The van der Waals surface area contributed by atoms with Gasteiger partial charge in [-0.3, -0.25) is 9.36 Å². The Balaban J connectivity index is 1.92. The quantitative estimate of drug-likeness (QED) is 0.341. The van der Waals surface area contributed by atoms with Crippen molar-refractivity contribution in [3.8, 4) is 11.5 Å². The zero-order valence-corrected chi connectivity index (χ0v) is 24.0. The van der Waals surface area contributed by atoms with E-state index < -0.39 is 12.0 Å². The summed E-state index contributed by atoms with van der Waals surface area (Å²) in [4.78, 5) is 31.9. The lowest BCUT2D eigenvalue weighted by Gasteiger charge is -2.25. The smallest absolute Gasteiger partial charge is 0.338 e. The van der Waals surface area contributed by atoms with Gasteiger partial charge in [0.05, 0.1) is 40.1 Å². The fraction of sp³-hybridized carbons (Fsp3) is 0.321. The molecule has 1 aromatic heterocycles. The first-order valence-corrected chi connectivity index (χ1v) is 13.8. The number of nitrogens with zero attached hydrogens (tertiary/aromatic N) is 2. The minimum atomic E-state index is -0.787. The van der Waals surface area contributed by atoms with Crippen LogP contribution in [0.1, 0.15) is 51.8 Å². The molecule has 0 unspecified atom stereocenters. The van der Waals surface area contributed by atoms with Crippen molar-refractivity contribution in [1.82, 2.24) is 4.57 Å². The molecule has 1 atom stereocenters. The second-order valence-corrected chi connectivity index (χ2v) is 10.6. The van der Waals surface area contributed by atoms with Gasteiger partial charge in [0.1, 0.15) is 6.04 Å². The van der Waals surface area contributed by atoms with Crippen LogP contribution in [-0.2, 0) is 9.53 Å². The number of hydrogen-bond donors (Lipinski definition) is 0. The summed E-state index contributed by atoms with van der Waals surface area (Å²) in [6.07, 6.45) is 1.63. The Morgan fingerprint density at radius 3 is 2.55 bits per heavy atom. The predicted octanol–water partition coefficient (Wildman–Crippen LogP) is 5.29.